The molecule has 0 bridgehead atoms. The molecule has 130 valence electrons. The number of nitrogens with one attached hydrogen (secondary N) is 2. The molecule has 0 aromatic carbocycles. The summed E-state index contributed by atoms with van der Waals surface area (Å²) in [6, 6.07) is 1.94. The molecule has 6 nitrogen and oxygen atoms in total. The number of amides is 1. The van der Waals surface area contributed by atoms with Crippen LogP contribution in [0.25, 0.3) is 0 Å². The van der Waals surface area contributed by atoms with E-state index in [-0.39, 0.29) is 5.91 Å². The van der Waals surface area contributed by atoms with E-state index in [0.717, 1.165) is 50.4 Å². The molecule has 0 spiro atoms. The van der Waals surface area contributed by atoms with Crippen molar-refractivity contribution in [2.75, 3.05) is 38.0 Å². The van der Waals surface area contributed by atoms with Gasteiger partial charge >= 0.3 is 0 Å². The summed E-state index contributed by atoms with van der Waals surface area (Å²) in [6.45, 7) is 12.9. The summed E-state index contributed by atoms with van der Waals surface area (Å²) < 4.78 is 0. The summed E-state index contributed by atoms with van der Waals surface area (Å²) in [4.78, 5) is 22.8. The quantitative estimate of drug-likeness (QED) is 0.611. The second-order valence-corrected chi connectivity index (χ2v) is 5.74. The van der Waals surface area contributed by atoms with E-state index in [4.69, 9.17) is 0 Å². The third kappa shape index (κ3) is 8.50. The molecule has 0 fully saturated rings. The van der Waals surface area contributed by atoms with Crippen LogP contribution in [0, 0.1) is 13.8 Å². The van der Waals surface area contributed by atoms with Gasteiger partial charge in [-0.3, -0.25) is 4.79 Å². The van der Waals surface area contributed by atoms with Gasteiger partial charge in [-0.2, -0.15) is 0 Å². The highest BCUT2D eigenvalue weighted by Gasteiger charge is 2.03. The average Bonchev–Trinajstić information content (AvgIpc) is 2.51. The van der Waals surface area contributed by atoms with E-state index >= 15 is 0 Å². The van der Waals surface area contributed by atoms with Gasteiger partial charge in [0, 0.05) is 30.9 Å². The van der Waals surface area contributed by atoms with Gasteiger partial charge in [-0.05, 0) is 52.4 Å². The molecule has 0 atom stereocenters. The van der Waals surface area contributed by atoms with Gasteiger partial charge in [0.2, 0.25) is 11.9 Å². The van der Waals surface area contributed by atoms with E-state index in [1.165, 1.54) is 0 Å². The van der Waals surface area contributed by atoms with E-state index in [9.17, 15) is 4.79 Å². The Labute approximate surface area is 140 Å². The van der Waals surface area contributed by atoms with Gasteiger partial charge in [-0.1, -0.05) is 13.8 Å². The Bertz CT molecular complexity index is 454. The van der Waals surface area contributed by atoms with Crippen molar-refractivity contribution in [2.45, 2.75) is 47.0 Å². The summed E-state index contributed by atoms with van der Waals surface area (Å²) in [5, 5.41) is 6.15. The molecule has 2 N–H and O–H groups in total. The first-order valence-corrected chi connectivity index (χ1v) is 8.60. The second-order valence-electron chi connectivity index (χ2n) is 5.74. The van der Waals surface area contributed by atoms with Gasteiger partial charge in [0.25, 0.3) is 0 Å². The standard InChI is InChI=1S/C17H31N5O/c1-5-22(6-2)12-8-11-18-16(23)9-7-10-19-17-20-14(3)13-15(4)21-17/h13H,5-12H2,1-4H3,(H,18,23)(H,19,20,21). The van der Waals surface area contributed by atoms with Crippen LogP contribution in [0.15, 0.2) is 6.07 Å². The first-order valence-electron chi connectivity index (χ1n) is 8.60. The average molecular weight is 321 g/mol. The van der Waals surface area contributed by atoms with Crippen LogP contribution < -0.4 is 10.6 Å². The van der Waals surface area contributed by atoms with Crippen LogP contribution in [-0.4, -0.2) is 53.5 Å². The number of aryl methyl sites for hydroxylation is 2. The maximum Gasteiger partial charge on any atom is 0.223 e. The molecule has 1 rings (SSSR count). The van der Waals surface area contributed by atoms with Gasteiger partial charge in [0.05, 0.1) is 0 Å². The van der Waals surface area contributed by atoms with Gasteiger partial charge in [0.15, 0.2) is 0 Å². The van der Waals surface area contributed by atoms with Crippen LogP contribution in [0.3, 0.4) is 0 Å². The molecule has 0 radical (unpaired) electrons. The monoisotopic (exact) mass is 321 g/mol. The maximum atomic E-state index is 11.8. The summed E-state index contributed by atoms with van der Waals surface area (Å²) in [6.07, 6.45) is 2.31. The van der Waals surface area contributed by atoms with E-state index in [0.29, 0.717) is 18.9 Å². The van der Waals surface area contributed by atoms with Crippen molar-refractivity contribution in [1.29, 1.82) is 0 Å². The number of carbonyl (C=O) groups is 1. The number of hydrogen-bond acceptors (Lipinski definition) is 5. The summed E-state index contributed by atoms with van der Waals surface area (Å²) in [7, 11) is 0. The molecule has 23 heavy (non-hydrogen) atoms. The highest BCUT2D eigenvalue weighted by atomic mass is 16.1. The molecule has 0 unspecified atom stereocenters. The molecule has 1 amide bonds. The Hall–Kier alpha value is -1.69. The number of anilines is 1. The fraction of sp³-hybridized carbons (Fsp3) is 0.706. The number of aromatic nitrogens is 2. The molecular weight excluding hydrogens is 290 g/mol. The normalized spacial score (nSPS) is 10.8. The fourth-order valence-electron chi connectivity index (χ4n) is 2.41. The minimum atomic E-state index is 0.118. The van der Waals surface area contributed by atoms with E-state index < -0.39 is 0 Å². The van der Waals surface area contributed by atoms with Crippen molar-refractivity contribution in [3.05, 3.63) is 17.5 Å². The minimum Gasteiger partial charge on any atom is -0.356 e. The third-order valence-corrected chi connectivity index (χ3v) is 3.71. The molecule has 1 aromatic rings. The zero-order chi connectivity index (χ0) is 17.1. The fourth-order valence-corrected chi connectivity index (χ4v) is 2.41. The van der Waals surface area contributed by atoms with Crippen LogP contribution in [0.1, 0.15) is 44.5 Å². The Morgan fingerprint density at radius 2 is 1.74 bits per heavy atom. The highest BCUT2D eigenvalue weighted by molar-refractivity contribution is 5.75. The summed E-state index contributed by atoms with van der Waals surface area (Å²) in [5.74, 6) is 0.759. The third-order valence-electron chi connectivity index (χ3n) is 3.71. The van der Waals surface area contributed by atoms with Crippen LogP contribution in [0.5, 0.6) is 0 Å². The van der Waals surface area contributed by atoms with E-state index in [1.807, 2.05) is 19.9 Å². The zero-order valence-corrected chi connectivity index (χ0v) is 15.0. The first-order chi connectivity index (χ1) is 11.0. The molecule has 0 aliphatic carbocycles. The lowest BCUT2D eigenvalue weighted by molar-refractivity contribution is -0.121. The lowest BCUT2D eigenvalue weighted by atomic mass is 10.3. The molecule has 0 saturated heterocycles. The van der Waals surface area contributed by atoms with Crippen LogP contribution >= 0.6 is 0 Å². The van der Waals surface area contributed by atoms with Gasteiger partial charge < -0.3 is 15.5 Å². The first kappa shape index (κ1) is 19.4. The highest BCUT2D eigenvalue weighted by Crippen LogP contribution is 2.03. The van der Waals surface area contributed by atoms with Crippen LogP contribution in [-0.2, 0) is 4.79 Å². The molecule has 1 heterocycles. The lowest BCUT2D eigenvalue weighted by Gasteiger charge is -2.17. The summed E-state index contributed by atoms with van der Waals surface area (Å²) >= 11 is 0. The van der Waals surface area contributed by atoms with Gasteiger partial charge in [-0.15, -0.1) is 0 Å². The number of hydrogen-bond donors (Lipinski definition) is 2. The van der Waals surface area contributed by atoms with E-state index in [1.54, 1.807) is 0 Å². The number of nitrogens with zero attached hydrogens (tertiary/aromatic N) is 3. The minimum absolute atomic E-state index is 0.118. The van der Waals surface area contributed by atoms with E-state index in [2.05, 4.69) is 39.3 Å². The van der Waals surface area contributed by atoms with Crippen molar-refractivity contribution < 1.29 is 4.79 Å². The van der Waals surface area contributed by atoms with Crippen molar-refractivity contribution in [3.8, 4) is 0 Å². The van der Waals surface area contributed by atoms with Crippen molar-refractivity contribution in [3.63, 3.8) is 0 Å². The zero-order valence-electron chi connectivity index (χ0n) is 15.0. The molecule has 0 saturated carbocycles. The van der Waals surface area contributed by atoms with Gasteiger partial charge in [-0.25, -0.2) is 9.97 Å². The smallest absolute Gasteiger partial charge is 0.223 e. The van der Waals surface area contributed by atoms with Crippen LogP contribution in [0.4, 0.5) is 5.95 Å². The molecule has 0 aliphatic heterocycles. The molecule has 6 heteroatoms. The Morgan fingerprint density at radius 1 is 1.09 bits per heavy atom. The number of rotatable bonds is 11. The lowest BCUT2D eigenvalue weighted by Crippen LogP contribution is -2.30. The predicted molar refractivity (Wildman–Crippen MR) is 94.6 cm³/mol. The Balaban J connectivity index is 2.10. The predicted octanol–water partition coefficient (Wildman–Crippen LogP) is 2.13. The molecule has 1 aromatic heterocycles. The van der Waals surface area contributed by atoms with Crippen molar-refractivity contribution >= 4 is 11.9 Å². The molecule has 0 aliphatic rings. The SMILES string of the molecule is CCN(CC)CCCNC(=O)CCCNc1nc(C)cc(C)n1. The topological polar surface area (TPSA) is 70.2 Å². The maximum absolute atomic E-state index is 11.8. The number of carbonyl (C=O) groups excluding carboxylic acids is 1. The molecular formula is C17H31N5O. The Morgan fingerprint density at radius 3 is 2.35 bits per heavy atom. The second kappa shape index (κ2) is 10.9. The van der Waals surface area contributed by atoms with Crippen molar-refractivity contribution in [1.82, 2.24) is 20.2 Å². The largest absolute Gasteiger partial charge is 0.356 e. The van der Waals surface area contributed by atoms with Crippen molar-refractivity contribution in [2.24, 2.45) is 0 Å². The Kier molecular flexibility index (Phi) is 9.21. The summed E-state index contributed by atoms with van der Waals surface area (Å²) in [5.41, 5.74) is 1.90. The van der Waals surface area contributed by atoms with Crippen LogP contribution in [0.2, 0.25) is 0 Å². The van der Waals surface area contributed by atoms with Gasteiger partial charge in [0.1, 0.15) is 0 Å².